The van der Waals surface area contributed by atoms with Crippen LogP contribution in [0.4, 0.5) is 16.0 Å². The number of fused-ring (bicyclic) bond motifs is 2. The van der Waals surface area contributed by atoms with Crippen molar-refractivity contribution in [1.82, 2.24) is 20.4 Å². The van der Waals surface area contributed by atoms with E-state index in [9.17, 15) is 9.59 Å². The number of nitrogens with one attached hydrogen (secondary N) is 4. The number of rotatable bonds is 11. The first-order chi connectivity index (χ1) is 26.1. The van der Waals surface area contributed by atoms with Crippen LogP contribution in [0.25, 0.3) is 0 Å². The molecule has 2 aromatic heterocycles. The number of allylic oxidation sites excluding steroid dienone is 12. The second-order valence-electron chi connectivity index (χ2n) is 15.8. The van der Waals surface area contributed by atoms with E-state index in [0.29, 0.717) is 29.5 Å². The molecule has 0 radical (unpaired) electrons. The molecule has 4 heterocycles. The van der Waals surface area contributed by atoms with Crippen LogP contribution in [-0.4, -0.2) is 49.8 Å². The maximum atomic E-state index is 15.8. The highest BCUT2D eigenvalue weighted by Crippen LogP contribution is 2.51. The summed E-state index contributed by atoms with van der Waals surface area (Å²) in [5.74, 6) is 1.28. The summed E-state index contributed by atoms with van der Waals surface area (Å²) < 4.78 is 15.8. The van der Waals surface area contributed by atoms with E-state index in [1.165, 1.54) is 5.57 Å². The highest BCUT2D eigenvalue weighted by Gasteiger charge is 2.41. The van der Waals surface area contributed by atoms with Crippen molar-refractivity contribution in [2.45, 2.75) is 90.6 Å². The first-order valence-corrected chi connectivity index (χ1v) is 19.5. The van der Waals surface area contributed by atoms with Gasteiger partial charge in [-0.2, -0.15) is 10.2 Å². The number of aromatic amines is 2. The molecule has 54 heavy (non-hydrogen) atoms. The number of alkyl halides is 1. The minimum Gasteiger partial charge on any atom is -0.311 e. The molecule has 2 amide bonds. The quantitative estimate of drug-likeness (QED) is 0.172. The number of H-pyrrole nitrogens is 2. The van der Waals surface area contributed by atoms with E-state index in [1.807, 2.05) is 51.1 Å². The van der Waals surface area contributed by atoms with Gasteiger partial charge < -0.3 is 10.6 Å². The fourth-order valence-electron chi connectivity index (χ4n) is 7.85. The second kappa shape index (κ2) is 14.9. The van der Waals surface area contributed by atoms with Gasteiger partial charge in [-0.25, -0.2) is 4.39 Å². The number of aliphatic imine (C=N–C) groups is 2. The molecule has 7 atom stereocenters. The van der Waals surface area contributed by atoms with Crippen molar-refractivity contribution in [3.05, 3.63) is 106 Å². The number of halogens is 1. The second-order valence-corrected chi connectivity index (χ2v) is 15.8. The molecular formula is C43H49FN8O2. The Kier molecular flexibility index (Phi) is 9.89. The number of aromatic nitrogens is 4. The minimum absolute atomic E-state index is 0.0964. The van der Waals surface area contributed by atoms with Gasteiger partial charge in [-0.1, -0.05) is 47.6 Å². The molecule has 0 saturated heterocycles. The SMILES string of the molecule is CC1=C/CCC2C=C([C@@H](C)C(=O)Nc3cc(C4CC4/C(C)=C/C(F)C4=C/CCC5C=C([C@@H](C)C(=O)Nc6cc(C7CC7)n[nH]6)N=C5/C=C\4)n[nH]3)N=C2/C=C\1. The van der Waals surface area contributed by atoms with Crippen LogP contribution >= 0.6 is 0 Å². The van der Waals surface area contributed by atoms with Gasteiger partial charge in [0.1, 0.15) is 17.8 Å². The lowest BCUT2D eigenvalue weighted by Gasteiger charge is -2.13. The van der Waals surface area contributed by atoms with Gasteiger partial charge in [0.15, 0.2) is 0 Å². The first kappa shape index (κ1) is 35.8. The topological polar surface area (TPSA) is 140 Å². The van der Waals surface area contributed by atoms with Crippen molar-refractivity contribution in [3.8, 4) is 0 Å². The van der Waals surface area contributed by atoms with Crippen LogP contribution in [0.15, 0.2) is 105 Å². The summed E-state index contributed by atoms with van der Waals surface area (Å²) in [5, 5.41) is 20.7. The van der Waals surface area contributed by atoms with Gasteiger partial charge in [-0.3, -0.25) is 29.8 Å². The summed E-state index contributed by atoms with van der Waals surface area (Å²) in [4.78, 5) is 35.9. The number of carbonyl (C=O) groups is 2. The van der Waals surface area contributed by atoms with Gasteiger partial charge in [0.05, 0.1) is 23.2 Å². The van der Waals surface area contributed by atoms with Crippen LogP contribution in [0, 0.1) is 29.6 Å². The molecule has 0 aromatic carbocycles. The van der Waals surface area contributed by atoms with E-state index in [1.54, 1.807) is 6.08 Å². The van der Waals surface area contributed by atoms with Gasteiger partial charge >= 0.3 is 0 Å². The summed E-state index contributed by atoms with van der Waals surface area (Å²) in [5.41, 5.74) is 8.13. The summed E-state index contributed by atoms with van der Waals surface area (Å²) in [6.45, 7) is 7.83. The third-order valence-corrected chi connectivity index (χ3v) is 11.6. The van der Waals surface area contributed by atoms with Crippen LogP contribution < -0.4 is 10.6 Å². The molecule has 2 saturated carbocycles. The predicted molar refractivity (Wildman–Crippen MR) is 211 cm³/mol. The third kappa shape index (κ3) is 7.86. The Morgan fingerprint density at radius 1 is 0.815 bits per heavy atom. The van der Waals surface area contributed by atoms with E-state index in [4.69, 9.17) is 9.98 Å². The van der Waals surface area contributed by atoms with Gasteiger partial charge in [0.2, 0.25) is 11.8 Å². The molecule has 5 unspecified atom stereocenters. The average Bonchev–Trinajstić information content (AvgIpc) is 3.94. The smallest absolute Gasteiger partial charge is 0.234 e. The zero-order valence-corrected chi connectivity index (χ0v) is 31.4. The maximum Gasteiger partial charge on any atom is 0.234 e. The molecule has 2 fully saturated rings. The predicted octanol–water partition coefficient (Wildman–Crippen LogP) is 8.73. The number of carbonyl (C=O) groups excluding carboxylic acids is 2. The number of hydrogen-bond acceptors (Lipinski definition) is 6. The molecule has 0 spiro atoms. The molecule has 4 N–H and O–H groups in total. The van der Waals surface area contributed by atoms with Crippen molar-refractivity contribution >= 4 is 34.9 Å². The van der Waals surface area contributed by atoms with Crippen LogP contribution in [0.3, 0.4) is 0 Å². The lowest BCUT2D eigenvalue weighted by Crippen LogP contribution is -2.21. The Balaban J connectivity index is 0.836. The average molecular weight is 729 g/mol. The molecule has 280 valence electrons. The summed E-state index contributed by atoms with van der Waals surface area (Å²) >= 11 is 0. The summed E-state index contributed by atoms with van der Waals surface area (Å²) in [6.07, 6.45) is 23.5. The van der Waals surface area contributed by atoms with Gasteiger partial charge in [-0.05, 0) is 102 Å². The first-order valence-electron chi connectivity index (χ1n) is 19.5. The van der Waals surface area contributed by atoms with Gasteiger partial charge in [-0.15, -0.1) is 0 Å². The summed E-state index contributed by atoms with van der Waals surface area (Å²) in [6, 6.07) is 3.81. The number of hydrogen-bond donors (Lipinski definition) is 4. The Morgan fingerprint density at radius 2 is 1.39 bits per heavy atom. The van der Waals surface area contributed by atoms with Crippen molar-refractivity contribution in [3.63, 3.8) is 0 Å². The number of anilines is 2. The van der Waals surface area contributed by atoms with Crippen LogP contribution in [0.2, 0.25) is 0 Å². The normalized spacial score (nSPS) is 29.7. The van der Waals surface area contributed by atoms with E-state index >= 15 is 4.39 Å². The standard InChI is InChI=1S/C43H49FN8O2/c1-23-7-5-9-29-18-36(45-34(29)15-11-23)25(3)43(54)48-41-22-39(50-52-41)32-20-31(32)24(2)17-33(44)27-8-6-10-30-19-37(46-35(30)16-14-27)26(4)42(53)47-40-21-38(49-51-40)28-12-13-28/h7-8,11,14-19,21-22,25-26,28-33H,5-6,9-10,12-13,20H2,1-4H3,(H2,47,49,51,53)(H2,48,50,52,54)/b15-11-,16-14-,23-7-,24-17+,27-8+/t25-,26-,29?,30?,31?,32?,33?/m1/s1. The lowest BCUT2D eigenvalue weighted by atomic mass is 9.92. The van der Waals surface area contributed by atoms with Crippen molar-refractivity contribution in [2.75, 3.05) is 10.6 Å². The monoisotopic (exact) mass is 728 g/mol. The van der Waals surface area contributed by atoms with Crippen LogP contribution in [0.1, 0.15) is 95.9 Å². The summed E-state index contributed by atoms with van der Waals surface area (Å²) in [7, 11) is 0. The number of amides is 2. The van der Waals surface area contributed by atoms with E-state index in [-0.39, 0.29) is 35.5 Å². The van der Waals surface area contributed by atoms with Crippen molar-refractivity contribution < 1.29 is 14.0 Å². The molecule has 2 aliphatic heterocycles. The molecule has 8 rings (SSSR count). The number of nitrogens with zero attached hydrogens (tertiary/aromatic N) is 4. The fraction of sp³-hybridized carbons (Fsp3) is 0.442. The lowest BCUT2D eigenvalue weighted by molar-refractivity contribution is -0.119. The molecule has 6 aliphatic rings. The fourth-order valence-corrected chi connectivity index (χ4v) is 7.85. The highest BCUT2D eigenvalue weighted by molar-refractivity contribution is 6.03. The zero-order chi connectivity index (χ0) is 37.5. The molecule has 2 aromatic rings. The largest absolute Gasteiger partial charge is 0.311 e. The highest BCUT2D eigenvalue weighted by atomic mass is 19.1. The van der Waals surface area contributed by atoms with E-state index in [2.05, 4.69) is 68.3 Å². The maximum absolute atomic E-state index is 15.8. The van der Waals surface area contributed by atoms with E-state index in [0.717, 1.165) is 78.3 Å². The minimum atomic E-state index is -1.24. The molecule has 4 aliphatic carbocycles. The molecule has 10 nitrogen and oxygen atoms in total. The van der Waals surface area contributed by atoms with Gasteiger partial charge in [0.25, 0.3) is 0 Å². The third-order valence-electron chi connectivity index (χ3n) is 11.6. The zero-order valence-electron chi connectivity index (χ0n) is 31.4. The Bertz CT molecular complexity index is 2120. The molecule has 0 bridgehead atoms. The van der Waals surface area contributed by atoms with Gasteiger partial charge in [0, 0.05) is 58.6 Å². The van der Waals surface area contributed by atoms with Crippen LogP contribution in [-0.2, 0) is 9.59 Å². The molecule has 11 heteroatoms. The Hall–Kier alpha value is -5.19. The van der Waals surface area contributed by atoms with Crippen molar-refractivity contribution in [2.24, 2.45) is 39.6 Å². The van der Waals surface area contributed by atoms with E-state index < -0.39 is 18.0 Å². The Labute approximate surface area is 315 Å². The Morgan fingerprint density at radius 3 is 2.02 bits per heavy atom. The molecular weight excluding hydrogens is 680 g/mol. The van der Waals surface area contributed by atoms with Crippen molar-refractivity contribution in [1.29, 1.82) is 0 Å². The van der Waals surface area contributed by atoms with Crippen LogP contribution in [0.5, 0.6) is 0 Å².